The van der Waals surface area contributed by atoms with Gasteiger partial charge in [-0.25, -0.2) is 18.4 Å². The van der Waals surface area contributed by atoms with Crippen molar-refractivity contribution in [1.29, 1.82) is 0 Å². The number of fused-ring (bicyclic) bond motifs is 5. The van der Waals surface area contributed by atoms with Gasteiger partial charge in [-0.3, -0.25) is 10.1 Å². The molecule has 1 spiro atoms. The number of amides is 3. The highest BCUT2D eigenvalue weighted by atomic mass is 19.1. The van der Waals surface area contributed by atoms with Gasteiger partial charge in [-0.1, -0.05) is 12.0 Å². The lowest BCUT2D eigenvalue weighted by atomic mass is 9.86. The van der Waals surface area contributed by atoms with Gasteiger partial charge in [-0.2, -0.15) is 0 Å². The monoisotopic (exact) mass is 368 g/mol. The Balaban J connectivity index is 2.16. The van der Waals surface area contributed by atoms with E-state index < -0.39 is 35.1 Å². The Morgan fingerprint density at radius 3 is 2.56 bits per heavy atom. The van der Waals surface area contributed by atoms with E-state index >= 15 is 0 Å². The number of aliphatic carboxylic acids is 1. The number of imide groups is 1. The number of hydrogen-bond donors (Lipinski definition) is 3. The SMILES string of the molecule is Cc1c(F)cc2c(c1C#CC(=O)O)-c1ccc(F)cc1C21NC(=O)NC1=O. The molecule has 1 saturated heterocycles. The summed E-state index contributed by atoms with van der Waals surface area (Å²) in [6.45, 7) is 1.42. The quantitative estimate of drug-likeness (QED) is 0.488. The van der Waals surface area contributed by atoms with E-state index in [9.17, 15) is 23.2 Å². The molecule has 0 radical (unpaired) electrons. The number of rotatable bonds is 0. The Labute approximate surface area is 151 Å². The molecular formula is C19H10F2N2O4. The highest BCUT2D eigenvalue weighted by molar-refractivity contribution is 6.13. The summed E-state index contributed by atoms with van der Waals surface area (Å²) in [6, 6.07) is 3.91. The summed E-state index contributed by atoms with van der Waals surface area (Å²) in [6.07, 6.45) is 0. The maximum absolute atomic E-state index is 14.6. The van der Waals surface area contributed by atoms with Crippen LogP contribution in [0.4, 0.5) is 13.6 Å². The van der Waals surface area contributed by atoms with Gasteiger partial charge in [-0.05, 0) is 30.7 Å². The average molecular weight is 368 g/mol. The highest BCUT2D eigenvalue weighted by Crippen LogP contribution is 2.51. The molecule has 1 atom stereocenters. The van der Waals surface area contributed by atoms with Crippen LogP contribution in [0.15, 0.2) is 24.3 Å². The second-order valence-electron chi connectivity index (χ2n) is 6.18. The van der Waals surface area contributed by atoms with Crippen molar-refractivity contribution in [3.05, 3.63) is 58.2 Å². The van der Waals surface area contributed by atoms with Crippen LogP contribution in [0.25, 0.3) is 11.1 Å². The van der Waals surface area contributed by atoms with Gasteiger partial charge < -0.3 is 10.4 Å². The zero-order valence-corrected chi connectivity index (χ0v) is 13.7. The van der Waals surface area contributed by atoms with E-state index in [1.807, 2.05) is 5.92 Å². The van der Waals surface area contributed by atoms with Crippen LogP contribution >= 0.6 is 0 Å². The molecule has 1 aliphatic carbocycles. The smallest absolute Gasteiger partial charge is 0.382 e. The molecular weight excluding hydrogens is 358 g/mol. The minimum Gasteiger partial charge on any atom is -0.472 e. The number of nitrogens with one attached hydrogen (secondary N) is 2. The van der Waals surface area contributed by atoms with Gasteiger partial charge in [0.2, 0.25) is 0 Å². The summed E-state index contributed by atoms with van der Waals surface area (Å²) in [4.78, 5) is 35.4. The van der Waals surface area contributed by atoms with Crippen LogP contribution in [0, 0.1) is 30.4 Å². The molecule has 134 valence electrons. The highest BCUT2D eigenvalue weighted by Gasteiger charge is 2.56. The van der Waals surface area contributed by atoms with E-state index in [2.05, 4.69) is 16.6 Å². The van der Waals surface area contributed by atoms with E-state index in [1.165, 1.54) is 13.0 Å². The van der Waals surface area contributed by atoms with E-state index in [1.54, 1.807) is 0 Å². The molecule has 3 N–H and O–H groups in total. The summed E-state index contributed by atoms with van der Waals surface area (Å²) in [5.74, 6) is 0.783. The fourth-order valence-corrected chi connectivity index (χ4v) is 3.62. The molecule has 1 unspecified atom stereocenters. The van der Waals surface area contributed by atoms with Crippen molar-refractivity contribution in [2.75, 3.05) is 0 Å². The van der Waals surface area contributed by atoms with Crippen molar-refractivity contribution in [3.63, 3.8) is 0 Å². The van der Waals surface area contributed by atoms with Crippen molar-refractivity contribution >= 4 is 17.9 Å². The third kappa shape index (κ3) is 2.15. The maximum atomic E-state index is 14.6. The van der Waals surface area contributed by atoms with Crippen LogP contribution in [0.3, 0.4) is 0 Å². The molecule has 2 aromatic carbocycles. The third-order valence-corrected chi connectivity index (χ3v) is 4.75. The number of hydrogen-bond acceptors (Lipinski definition) is 3. The molecule has 1 fully saturated rings. The second-order valence-corrected chi connectivity index (χ2v) is 6.18. The average Bonchev–Trinajstić information content (AvgIpc) is 3.03. The summed E-state index contributed by atoms with van der Waals surface area (Å²) >= 11 is 0. The first-order valence-corrected chi connectivity index (χ1v) is 7.78. The fraction of sp³-hybridized carbons (Fsp3) is 0.105. The number of carboxylic acid groups (broad SMARTS) is 1. The maximum Gasteiger partial charge on any atom is 0.382 e. The number of carboxylic acids is 1. The Morgan fingerprint density at radius 2 is 1.93 bits per heavy atom. The lowest BCUT2D eigenvalue weighted by molar-refractivity contribution is -0.130. The second kappa shape index (κ2) is 5.38. The number of carbonyl (C=O) groups is 3. The molecule has 2 aliphatic rings. The van der Waals surface area contributed by atoms with Crippen LogP contribution in [0.1, 0.15) is 22.3 Å². The minimum atomic E-state index is -1.81. The molecule has 6 nitrogen and oxygen atoms in total. The van der Waals surface area contributed by atoms with Gasteiger partial charge in [0.25, 0.3) is 5.91 Å². The first kappa shape index (κ1) is 16.7. The summed E-state index contributed by atoms with van der Waals surface area (Å²) < 4.78 is 28.5. The van der Waals surface area contributed by atoms with Crippen LogP contribution < -0.4 is 10.6 Å². The molecule has 2 aromatic rings. The van der Waals surface area contributed by atoms with Crippen LogP contribution in [-0.4, -0.2) is 23.0 Å². The standard InChI is InChI=1S/C19H10F2N2O4/c1-8-10(4-5-15(24)25)16-11-3-2-9(20)6-12(11)19(13(16)7-14(8)21)17(26)22-18(27)23-19/h2-3,6-7H,1H3,(H,24,25)(H2,22,23,26,27). The molecule has 0 aromatic heterocycles. The minimum absolute atomic E-state index is 0.0612. The lowest BCUT2D eigenvalue weighted by Gasteiger charge is -2.23. The summed E-state index contributed by atoms with van der Waals surface area (Å²) in [7, 11) is 0. The fourth-order valence-electron chi connectivity index (χ4n) is 3.62. The van der Waals surface area contributed by atoms with E-state index in [0.717, 1.165) is 18.2 Å². The van der Waals surface area contributed by atoms with E-state index in [4.69, 9.17) is 5.11 Å². The number of urea groups is 1. The summed E-state index contributed by atoms with van der Waals surface area (Å²) in [5, 5.41) is 13.4. The molecule has 1 heterocycles. The largest absolute Gasteiger partial charge is 0.472 e. The number of carbonyl (C=O) groups excluding carboxylic acids is 2. The van der Waals surface area contributed by atoms with Crippen molar-refractivity contribution in [1.82, 2.24) is 10.6 Å². The van der Waals surface area contributed by atoms with E-state index in [-0.39, 0.29) is 27.8 Å². The van der Waals surface area contributed by atoms with Crippen molar-refractivity contribution < 1.29 is 28.3 Å². The van der Waals surface area contributed by atoms with Gasteiger partial charge in [0.05, 0.1) is 0 Å². The lowest BCUT2D eigenvalue weighted by Crippen LogP contribution is -2.43. The Kier molecular flexibility index (Phi) is 3.33. The Bertz CT molecular complexity index is 1150. The topological polar surface area (TPSA) is 95.5 Å². The summed E-state index contributed by atoms with van der Waals surface area (Å²) in [5.41, 5.74) is -0.812. The molecule has 27 heavy (non-hydrogen) atoms. The Morgan fingerprint density at radius 1 is 1.19 bits per heavy atom. The van der Waals surface area contributed by atoms with Crippen molar-refractivity contribution in [3.8, 4) is 23.0 Å². The Hall–Kier alpha value is -3.73. The predicted molar refractivity (Wildman–Crippen MR) is 88.5 cm³/mol. The van der Waals surface area contributed by atoms with Crippen molar-refractivity contribution in [2.45, 2.75) is 12.5 Å². The zero-order valence-electron chi connectivity index (χ0n) is 13.7. The number of benzene rings is 2. The molecule has 0 saturated carbocycles. The van der Waals surface area contributed by atoms with Gasteiger partial charge in [0.1, 0.15) is 11.6 Å². The van der Waals surface area contributed by atoms with Gasteiger partial charge >= 0.3 is 12.0 Å². The molecule has 1 aliphatic heterocycles. The first-order valence-electron chi connectivity index (χ1n) is 7.78. The van der Waals surface area contributed by atoms with Crippen molar-refractivity contribution in [2.24, 2.45) is 0 Å². The molecule has 0 bridgehead atoms. The van der Waals surface area contributed by atoms with Crippen LogP contribution in [0.5, 0.6) is 0 Å². The van der Waals surface area contributed by atoms with Gasteiger partial charge in [0.15, 0.2) is 5.54 Å². The molecule has 3 amide bonds. The zero-order chi connectivity index (χ0) is 19.5. The van der Waals surface area contributed by atoms with Gasteiger partial charge in [-0.15, -0.1) is 0 Å². The first-order chi connectivity index (χ1) is 12.8. The van der Waals surface area contributed by atoms with Crippen LogP contribution in [0.2, 0.25) is 0 Å². The van der Waals surface area contributed by atoms with E-state index in [0.29, 0.717) is 5.56 Å². The van der Waals surface area contributed by atoms with Gasteiger partial charge in [0, 0.05) is 33.7 Å². The normalized spacial score (nSPS) is 19.1. The van der Waals surface area contributed by atoms with Crippen LogP contribution in [-0.2, 0) is 15.1 Å². The number of halogens is 2. The third-order valence-electron chi connectivity index (χ3n) is 4.75. The molecule has 4 rings (SSSR count). The molecule has 8 heteroatoms. The predicted octanol–water partition coefficient (Wildman–Crippen LogP) is 1.77.